The van der Waals surface area contributed by atoms with Crippen LogP contribution in [0, 0.1) is 0 Å². The van der Waals surface area contributed by atoms with E-state index in [1.807, 2.05) is 30.7 Å². The fourth-order valence-corrected chi connectivity index (χ4v) is 5.01. The van der Waals surface area contributed by atoms with Crippen LogP contribution in [0.2, 0.25) is 0 Å². The molecule has 4 aromatic rings. The molecule has 7 nitrogen and oxygen atoms in total. The number of rotatable bonds is 8. The van der Waals surface area contributed by atoms with E-state index in [-0.39, 0.29) is 0 Å². The fraction of sp³-hybridized carbons (Fsp3) is 0.393. The summed E-state index contributed by atoms with van der Waals surface area (Å²) in [5.74, 6) is 2.29. The molecule has 6 rings (SSSR count). The lowest BCUT2D eigenvalue weighted by Crippen LogP contribution is -2.35. The molecular weight excluding hydrogens is 438 g/mol. The quantitative estimate of drug-likeness (QED) is 0.377. The number of piperidine rings is 1. The van der Waals surface area contributed by atoms with Gasteiger partial charge >= 0.3 is 0 Å². The third kappa shape index (κ3) is 5.21. The molecule has 0 bridgehead atoms. The summed E-state index contributed by atoms with van der Waals surface area (Å²) in [6, 6.07) is 14.5. The summed E-state index contributed by atoms with van der Waals surface area (Å²) in [7, 11) is 0. The number of aromatic nitrogens is 4. The molecule has 2 saturated heterocycles. The Balaban J connectivity index is 1.03. The lowest BCUT2D eigenvalue weighted by Gasteiger charge is -2.32. The minimum absolute atomic E-state index is 0.354. The van der Waals surface area contributed by atoms with Gasteiger partial charge in [-0.15, -0.1) is 0 Å². The number of hydrogen-bond acceptors (Lipinski definition) is 6. The maximum Gasteiger partial charge on any atom is 0.213 e. The van der Waals surface area contributed by atoms with E-state index in [2.05, 4.69) is 56.0 Å². The molecule has 2 fully saturated rings. The van der Waals surface area contributed by atoms with Crippen LogP contribution in [0.25, 0.3) is 10.8 Å². The van der Waals surface area contributed by atoms with E-state index >= 15 is 0 Å². The first-order chi connectivity index (χ1) is 17.3. The molecule has 1 aromatic carbocycles. The van der Waals surface area contributed by atoms with Crippen molar-refractivity contribution in [2.45, 2.75) is 51.0 Å². The summed E-state index contributed by atoms with van der Waals surface area (Å²) in [6.45, 7) is 5.31. The largest absolute Gasteiger partial charge is 0.473 e. The summed E-state index contributed by atoms with van der Waals surface area (Å²) in [6.07, 6.45) is 11.4. The van der Waals surface area contributed by atoms with Gasteiger partial charge in [0.05, 0.1) is 19.2 Å². The number of benzene rings is 1. The number of imidazole rings is 1. The standard InChI is InChI=1S/C28H31N5O2/c1-2-26(31-28(3-1)35-20-21-4-5-24-17-29-10-6-23(24)16-21)22-7-12-32(13-8-22)19-27-30-11-14-33(27)18-25-9-15-34-25/h1-6,10-11,14,16-17,22,25H,7-9,12-13,15,18-20H2/t25-/m0/s1. The predicted octanol–water partition coefficient (Wildman–Crippen LogP) is 4.57. The normalized spacial score (nSPS) is 19.0. The molecule has 35 heavy (non-hydrogen) atoms. The summed E-state index contributed by atoms with van der Waals surface area (Å²) < 4.78 is 13.9. The van der Waals surface area contributed by atoms with E-state index in [0.717, 1.165) is 74.5 Å². The molecule has 0 radical (unpaired) electrons. The van der Waals surface area contributed by atoms with Crippen LogP contribution in [0.5, 0.6) is 5.88 Å². The second-order valence-corrected chi connectivity index (χ2v) is 9.57. The highest BCUT2D eigenvalue weighted by molar-refractivity contribution is 5.81. The molecule has 2 aliphatic rings. The zero-order valence-electron chi connectivity index (χ0n) is 19.9. The molecule has 0 unspecified atom stereocenters. The van der Waals surface area contributed by atoms with Gasteiger partial charge in [0, 0.05) is 54.5 Å². The number of nitrogens with zero attached hydrogens (tertiary/aromatic N) is 5. The molecule has 0 spiro atoms. The molecule has 0 N–H and O–H groups in total. The average Bonchev–Trinajstić information content (AvgIpc) is 3.32. The number of likely N-dealkylation sites (tertiary alicyclic amines) is 1. The van der Waals surface area contributed by atoms with Crippen LogP contribution >= 0.6 is 0 Å². The van der Waals surface area contributed by atoms with Gasteiger partial charge in [0.2, 0.25) is 5.88 Å². The van der Waals surface area contributed by atoms with Crippen LogP contribution in [0.3, 0.4) is 0 Å². The van der Waals surface area contributed by atoms with Gasteiger partial charge < -0.3 is 14.0 Å². The van der Waals surface area contributed by atoms with Crippen LogP contribution in [0.1, 0.15) is 42.3 Å². The van der Waals surface area contributed by atoms with Gasteiger partial charge in [0.1, 0.15) is 12.4 Å². The zero-order valence-corrected chi connectivity index (χ0v) is 19.9. The number of fused-ring (bicyclic) bond motifs is 1. The average molecular weight is 470 g/mol. The Hall–Kier alpha value is -3.29. The first kappa shape index (κ1) is 22.2. The minimum Gasteiger partial charge on any atom is -0.473 e. The summed E-state index contributed by atoms with van der Waals surface area (Å²) in [5, 5.41) is 2.31. The smallest absolute Gasteiger partial charge is 0.213 e. The van der Waals surface area contributed by atoms with Gasteiger partial charge in [0.15, 0.2) is 0 Å². The highest BCUT2D eigenvalue weighted by Crippen LogP contribution is 2.29. The minimum atomic E-state index is 0.354. The van der Waals surface area contributed by atoms with E-state index in [1.165, 1.54) is 5.39 Å². The highest BCUT2D eigenvalue weighted by atomic mass is 16.5. The molecule has 1 atom stereocenters. The Labute approximate surface area is 205 Å². The zero-order chi connectivity index (χ0) is 23.5. The van der Waals surface area contributed by atoms with Crippen molar-refractivity contribution in [3.05, 3.63) is 84.3 Å². The van der Waals surface area contributed by atoms with Crippen molar-refractivity contribution in [3.8, 4) is 5.88 Å². The number of pyridine rings is 2. The molecule has 0 amide bonds. The van der Waals surface area contributed by atoms with E-state index < -0.39 is 0 Å². The Kier molecular flexibility index (Phi) is 6.43. The van der Waals surface area contributed by atoms with Crippen LogP contribution in [0.15, 0.2) is 67.3 Å². The SMILES string of the molecule is c1cc(OCc2ccc3cnccc3c2)nc(C2CCN(Cc3nccn3C[C@@H]3CCO3)CC2)c1. The first-order valence-corrected chi connectivity index (χ1v) is 12.6. The molecule has 2 aliphatic heterocycles. The van der Waals surface area contributed by atoms with Crippen molar-refractivity contribution in [2.75, 3.05) is 19.7 Å². The molecule has 0 aliphatic carbocycles. The van der Waals surface area contributed by atoms with Crippen molar-refractivity contribution < 1.29 is 9.47 Å². The monoisotopic (exact) mass is 469 g/mol. The van der Waals surface area contributed by atoms with Crippen LogP contribution in [-0.2, 0) is 24.4 Å². The van der Waals surface area contributed by atoms with Gasteiger partial charge in [-0.05, 0) is 61.5 Å². The Morgan fingerprint density at radius 2 is 1.91 bits per heavy atom. The second-order valence-electron chi connectivity index (χ2n) is 9.57. The lowest BCUT2D eigenvalue weighted by molar-refractivity contribution is -0.0598. The summed E-state index contributed by atoms with van der Waals surface area (Å²) in [4.78, 5) is 16.1. The maximum absolute atomic E-state index is 6.06. The van der Waals surface area contributed by atoms with Crippen molar-refractivity contribution in [1.82, 2.24) is 24.4 Å². The molecule has 180 valence electrons. The van der Waals surface area contributed by atoms with Crippen LogP contribution in [-0.4, -0.2) is 50.2 Å². The molecule has 5 heterocycles. The van der Waals surface area contributed by atoms with E-state index in [0.29, 0.717) is 24.5 Å². The first-order valence-electron chi connectivity index (χ1n) is 12.6. The summed E-state index contributed by atoms with van der Waals surface area (Å²) in [5.41, 5.74) is 2.27. The molecule has 3 aromatic heterocycles. The van der Waals surface area contributed by atoms with Gasteiger partial charge in [-0.2, -0.15) is 0 Å². The van der Waals surface area contributed by atoms with E-state index in [4.69, 9.17) is 14.5 Å². The summed E-state index contributed by atoms with van der Waals surface area (Å²) >= 11 is 0. The fourth-order valence-electron chi connectivity index (χ4n) is 5.01. The Morgan fingerprint density at radius 3 is 2.77 bits per heavy atom. The van der Waals surface area contributed by atoms with Crippen molar-refractivity contribution in [1.29, 1.82) is 0 Å². The van der Waals surface area contributed by atoms with Crippen molar-refractivity contribution in [2.24, 2.45) is 0 Å². The Morgan fingerprint density at radius 1 is 1.00 bits per heavy atom. The topological polar surface area (TPSA) is 65.3 Å². The second kappa shape index (κ2) is 10.1. The Bertz CT molecular complexity index is 1280. The molecule has 7 heteroatoms. The van der Waals surface area contributed by atoms with Gasteiger partial charge in [-0.3, -0.25) is 9.88 Å². The predicted molar refractivity (Wildman–Crippen MR) is 134 cm³/mol. The van der Waals surface area contributed by atoms with Crippen molar-refractivity contribution in [3.63, 3.8) is 0 Å². The maximum atomic E-state index is 6.06. The van der Waals surface area contributed by atoms with Crippen LogP contribution in [0.4, 0.5) is 0 Å². The van der Waals surface area contributed by atoms with Crippen LogP contribution < -0.4 is 4.74 Å². The van der Waals surface area contributed by atoms with Gasteiger partial charge in [-0.1, -0.05) is 18.2 Å². The molecule has 0 saturated carbocycles. The third-order valence-electron chi connectivity index (χ3n) is 7.20. The lowest BCUT2D eigenvalue weighted by atomic mass is 9.93. The van der Waals surface area contributed by atoms with Gasteiger partial charge in [-0.25, -0.2) is 9.97 Å². The van der Waals surface area contributed by atoms with Crippen molar-refractivity contribution >= 4 is 10.8 Å². The van der Waals surface area contributed by atoms with E-state index in [9.17, 15) is 0 Å². The number of ether oxygens (including phenoxy) is 2. The molecular formula is C28H31N5O2. The number of hydrogen-bond donors (Lipinski definition) is 0. The van der Waals surface area contributed by atoms with Gasteiger partial charge in [0.25, 0.3) is 0 Å². The van der Waals surface area contributed by atoms with E-state index in [1.54, 1.807) is 0 Å². The third-order valence-corrected chi connectivity index (χ3v) is 7.20. The highest BCUT2D eigenvalue weighted by Gasteiger charge is 2.24.